The van der Waals surface area contributed by atoms with Crippen molar-refractivity contribution in [3.05, 3.63) is 35.0 Å². The lowest BCUT2D eigenvalue weighted by Gasteiger charge is -2.07. The molecule has 0 unspecified atom stereocenters. The second-order valence-electron chi connectivity index (χ2n) is 4.71. The Labute approximate surface area is 116 Å². The number of Topliss-reactive ketones (excluding diaryl/α,β-unsaturated/α-hetero) is 1. The van der Waals surface area contributed by atoms with Gasteiger partial charge in [0.05, 0.1) is 17.7 Å². The van der Waals surface area contributed by atoms with Crippen LogP contribution in [-0.2, 0) is 13.0 Å². The van der Waals surface area contributed by atoms with Gasteiger partial charge in [0.25, 0.3) is 0 Å². The molecule has 1 heterocycles. The molecule has 0 spiro atoms. The van der Waals surface area contributed by atoms with E-state index in [0.29, 0.717) is 22.9 Å². The third kappa shape index (κ3) is 2.32. The van der Waals surface area contributed by atoms with Crippen LogP contribution in [0.4, 0.5) is 0 Å². The summed E-state index contributed by atoms with van der Waals surface area (Å²) in [5.41, 5.74) is 2.03. The first-order valence-electron chi connectivity index (χ1n) is 6.50. The minimum atomic E-state index is -1.03. The van der Waals surface area contributed by atoms with Crippen LogP contribution in [0, 0.1) is 0 Å². The number of rotatable bonds is 5. The quantitative estimate of drug-likeness (QED) is 0.819. The Hall–Kier alpha value is -2.14. The molecule has 0 saturated heterocycles. The van der Waals surface area contributed by atoms with Crippen LogP contribution >= 0.6 is 0 Å². The third-order valence-electron chi connectivity index (χ3n) is 3.39. The van der Waals surface area contributed by atoms with Crippen LogP contribution in [-0.4, -0.2) is 33.1 Å². The number of aliphatic hydroxyl groups is 1. The van der Waals surface area contributed by atoms with Crippen molar-refractivity contribution in [3.8, 4) is 0 Å². The Bertz CT molecular complexity index is 685. The number of carboxylic acids is 1. The van der Waals surface area contributed by atoms with Crippen molar-refractivity contribution in [2.75, 3.05) is 6.61 Å². The molecule has 2 aromatic rings. The summed E-state index contributed by atoms with van der Waals surface area (Å²) in [5, 5.41) is 19.1. The normalized spacial score (nSPS) is 10.9. The summed E-state index contributed by atoms with van der Waals surface area (Å²) < 4.78 is 1.63. The highest BCUT2D eigenvalue weighted by atomic mass is 16.4. The van der Waals surface area contributed by atoms with Crippen LogP contribution < -0.4 is 0 Å². The summed E-state index contributed by atoms with van der Waals surface area (Å²) in [6.45, 7) is 3.54. The van der Waals surface area contributed by atoms with Crippen LogP contribution in [0.25, 0.3) is 10.9 Å². The van der Waals surface area contributed by atoms with Crippen molar-refractivity contribution < 1.29 is 19.8 Å². The molecule has 0 saturated carbocycles. The van der Waals surface area contributed by atoms with E-state index in [2.05, 4.69) is 0 Å². The number of benzene rings is 1. The molecule has 0 aliphatic heterocycles. The molecule has 2 N–H and O–H groups in total. The van der Waals surface area contributed by atoms with Crippen molar-refractivity contribution in [1.29, 1.82) is 0 Å². The summed E-state index contributed by atoms with van der Waals surface area (Å²) in [6, 6.07) is 3.48. The van der Waals surface area contributed by atoms with Gasteiger partial charge in [-0.15, -0.1) is 0 Å². The molecule has 1 aromatic heterocycles. The summed E-state index contributed by atoms with van der Waals surface area (Å²) in [7, 11) is 0. The second kappa shape index (κ2) is 5.46. The number of fused-ring (bicyclic) bond motifs is 1. The zero-order valence-electron chi connectivity index (χ0n) is 11.5. The van der Waals surface area contributed by atoms with Crippen molar-refractivity contribution >= 4 is 22.7 Å². The fourth-order valence-electron chi connectivity index (χ4n) is 2.43. The molecular formula is C15H17NO4. The van der Waals surface area contributed by atoms with E-state index in [1.807, 2.05) is 13.0 Å². The average molecular weight is 275 g/mol. The van der Waals surface area contributed by atoms with Gasteiger partial charge in [0, 0.05) is 23.7 Å². The Kier molecular flexibility index (Phi) is 3.90. The van der Waals surface area contributed by atoms with Crippen LogP contribution in [0.3, 0.4) is 0 Å². The third-order valence-corrected chi connectivity index (χ3v) is 3.39. The van der Waals surface area contributed by atoms with E-state index in [-0.39, 0.29) is 24.5 Å². The topological polar surface area (TPSA) is 79.5 Å². The Morgan fingerprint density at radius 3 is 2.45 bits per heavy atom. The van der Waals surface area contributed by atoms with Gasteiger partial charge < -0.3 is 14.8 Å². The Morgan fingerprint density at radius 2 is 1.95 bits per heavy atom. The number of aliphatic hydroxyl groups excluding tert-OH is 1. The fraction of sp³-hybridized carbons (Fsp3) is 0.333. The van der Waals surface area contributed by atoms with Gasteiger partial charge in [-0.3, -0.25) is 4.79 Å². The predicted molar refractivity (Wildman–Crippen MR) is 75.4 cm³/mol. The van der Waals surface area contributed by atoms with Crippen LogP contribution in [0.15, 0.2) is 18.3 Å². The number of aryl methyl sites for hydroxylation is 1. The predicted octanol–water partition coefficient (Wildman–Crippen LogP) is 2.10. The molecule has 0 amide bonds. The molecule has 0 aliphatic carbocycles. The van der Waals surface area contributed by atoms with Gasteiger partial charge in [0.1, 0.15) is 0 Å². The number of ketones is 1. The molecule has 2 rings (SSSR count). The summed E-state index contributed by atoms with van der Waals surface area (Å²) in [6.07, 6.45) is 2.31. The number of nitrogens with zero attached hydrogens (tertiary/aromatic N) is 1. The van der Waals surface area contributed by atoms with E-state index >= 15 is 0 Å². The largest absolute Gasteiger partial charge is 0.478 e. The zero-order chi connectivity index (χ0) is 14.9. The molecule has 0 fully saturated rings. The highest BCUT2D eigenvalue weighted by molar-refractivity contribution is 6.12. The molecular weight excluding hydrogens is 258 g/mol. The number of hydrogen-bond acceptors (Lipinski definition) is 3. The monoisotopic (exact) mass is 275 g/mol. The van der Waals surface area contributed by atoms with Crippen LogP contribution in [0.1, 0.15) is 40.1 Å². The maximum atomic E-state index is 11.7. The zero-order valence-corrected chi connectivity index (χ0v) is 11.5. The lowest BCUT2D eigenvalue weighted by molar-refractivity contribution is 0.0698. The van der Waals surface area contributed by atoms with Gasteiger partial charge in [0.2, 0.25) is 0 Å². The molecule has 106 valence electrons. The molecule has 0 bridgehead atoms. The molecule has 0 radical (unpaired) electrons. The first kappa shape index (κ1) is 14.3. The first-order valence-corrected chi connectivity index (χ1v) is 6.50. The number of carbonyl (C=O) groups excluding carboxylic acids is 1. The van der Waals surface area contributed by atoms with Crippen LogP contribution in [0.2, 0.25) is 0 Å². The van der Waals surface area contributed by atoms with E-state index in [4.69, 9.17) is 5.11 Å². The van der Waals surface area contributed by atoms with Gasteiger partial charge >= 0.3 is 5.97 Å². The minimum Gasteiger partial charge on any atom is -0.478 e. The first-order chi connectivity index (χ1) is 9.49. The van der Waals surface area contributed by atoms with Gasteiger partial charge in [-0.1, -0.05) is 6.92 Å². The van der Waals surface area contributed by atoms with Crippen molar-refractivity contribution in [2.45, 2.75) is 26.8 Å². The molecule has 1 aromatic carbocycles. The minimum absolute atomic E-state index is 0.115. The standard InChI is InChI=1S/C15H17NO4/c1-3-10-6-11-13(9(2)18)8-16(4-5-17)14(11)12(7-10)15(19)20/h6-8,17H,3-5H2,1-2H3,(H,19,20). The van der Waals surface area contributed by atoms with Gasteiger partial charge in [-0.25, -0.2) is 4.79 Å². The summed E-state index contributed by atoms with van der Waals surface area (Å²) >= 11 is 0. The number of aromatic nitrogens is 1. The maximum Gasteiger partial charge on any atom is 0.337 e. The van der Waals surface area contributed by atoms with Gasteiger partial charge in [-0.2, -0.15) is 0 Å². The van der Waals surface area contributed by atoms with Crippen molar-refractivity contribution in [2.24, 2.45) is 0 Å². The maximum absolute atomic E-state index is 11.7. The number of aromatic carboxylic acids is 1. The van der Waals surface area contributed by atoms with Gasteiger partial charge in [-0.05, 0) is 31.0 Å². The lowest BCUT2D eigenvalue weighted by atomic mass is 10.0. The van der Waals surface area contributed by atoms with E-state index in [9.17, 15) is 14.7 Å². The summed E-state index contributed by atoms with van der Waals surface area (Å²) in [4.78, 5) is 23.2. The van der Waals surface area contributed by atoms with E-state index in [1.54, 1.807) is 16.8 Å². The number of carboxylic acid groups (broad SMARTS) is 1. The van der Waals surface area contributed by atoms with Crippen LogP contribution in [0.5, 0.6) is 0 Å². The molecule has 5 nitrogen and oxygen atoms in total. The van der Waals surface area contributed by atoms with E-state index < -0.39 is 5.97 Å². The average Bonchev–Trinajstić information content (AvgIpc) is 2.77. The lowest BCUT2D eigenvalue weighted by Crippen LogP contribution is -2.06. The molecule has 0 atom stereocenters. The molecule has 5 heteroatoms. The number of carbonyl (C=O) groups is 2. The SMILES string of the molecule is CCc1cc(C(=O)O)c2c(c1)c(C(C)=O)cn2CCO. The molecule has 20 heavy (non-hydrogen) atoms. The number of hydrogen-bond donors (Lipinski definition) is 2. The highest BCUT2D eigenvalue weighted by Crippen LogP contribution is 2.27. The second-order valence-corrected chi connectivity index (χ2v) is 4.71. The highest BCUT2D eigenvalue weighted by Gasteiger charge is 2.19. The van der Waals surface area contributed by atoms with E-state index in [0.717, 1.165) is 5.56 Å². The van der Waals surface area contributed by atoms with E-state index in [1.165, 1.54) is 6.92 Å². The fourth-order valence-corrected chi connectivity index (χ4v) is 2.43. The van der Waals surface area contributed by atoms with Crippen molar-refractivity contribution in [1.82, 2.24) is 4.57 Å². The Balaban J connectivity index is 2.88. The van der Waals surface area contributed by atoms with Crippen molar-refractivity contribution in [3.63, 3.8) is 0 Å². The summed E-state index contributed by atoms with van der Waals surface area (Å²) in [5.74, 6) is -1.14. The Morgan fingerprint density at radius 1 is 1.25 bits per heavy atom. The van der Waals surface area contributed by atoms with Gasteiger partial charge in [0.15, 0.2) is 5.78 Å². The smallest absolute Gasteiger partial charge is 0.337 e. The molecule has 0 aliphatic rings.